The first kappa shape index (κ1) is 19.7. The zero-order valence-corrected chi connectivity index (χ0v) is 14.8. The second-order valence-electron chi connectivity index (χ2n) is 5.89. The molecule has 134 valence electrons. The number of carbonyl (C=O) groups is 1. The number of hydrogen-bond acceptors (Lipinski definition) is 4. The molecule has 0 aromatic carbocycles. The number of nitrogens with zero attached hydrogens (tertiary/aromatic N) is 2. The first-order chi connectivity index (χ1) is 11.1. The van der Waals surface area contributed by atoms with E-state index in [1.165, 1.54) is 4.90 Å². The normalized spacial score (nSPS) is 16.2. The molecule has 0 atom stereocenters. The SMILES string of the molecule is CCNC(=NCC(=O)N(C)C)NCCCOCC1CCOCC1. The summed E-state index contributed by atoms with van der Waals surface area (Å²) in [5.41, 5.74) is 0. The Bertz CT molecular complexity index is 355. The van der Waals surface area contributed by atoms with Crippen LogP contribution in [0.5, 0.6) is 0 Å². The van der Waals surface area contributed by atoms with E-state index in [1.54, 1.807) is 14.1 Å². The van der Waals surface area contributed by atoms with Gasteiger partial charge in [0.15, 0.2) is 5.96 Å². The Balaban J connectivity index is 2.12. The van der Waals surface area contributed by atoms with Crippen LogP contribution < -0.4 is 10.6 Å². The van der Waals surface area contributed by atoms with E-state index in [4.69, 9.17) is 9.47 Å². The molecule has 0 aromatic heterocycles. The maximum absolute atomic E-state index is 11.6. The average molecular weight is 328 g/mol. The van der Waals surface area contributed by atoms with Gasteiger partial charge in [-0.1, -0.05) is 0 Å². The first-order valence-corrected chi connectivity index (χ1v) is 8.51. The van der Waals surface area contributed by atoms with Crippen LogP contribution in [0.15, 0.2) is 4.99 Å². The van der Waals surface area contributed by atoms with Gasteiger partial charge in [0.25, 0.3) is 0 Å². The highest BCUT2D eigenvalue weighted by molar-refractivity contribution is 5.84. The molecule has 1 rings (SSSR count). The molecule has 0 aliphatic carbocycles. The van der Waals surface area contributed by atoms with E-state index >= 15 is 0 Å². The van der Waals surface area contributed by atoms with Crippen LogP contribution in [-0.2, 0) is 14.3 Å². The van der Waals surface area contributed by atoms with Gasteiger partial charge in [-0.05, 0) is 32.1 Å². The molecule has 0 aromatic rings. The van der Waals surface area contributed by atoms with Crippen molar-refractivity contribution in [1.29, 1.82) is 0 Å². The fraction of sp³-hybridized carbons (Fsp3) is 0.875. The van der Waals surface area contributed by atoms with E-state index in [2.05, 4.69) is 15.6 Å². The second kappa shape index (κ2) is 12.1. The minimum atomic E-state index is -0.0120. The van der Waals surface area contributed by atoms with Crippen molar-refractivity contribution in [2.45, 2.75) is 26.2 Å². The molecule has 0 spiro atoms. The average Bonchev–Trinajstić information content (AvgIpc) is 2.56. The maximum Gasteiger partial charge on any atom is 0.243 e. The molecule has 1 heterocycles. The molecule has 1 aliphatic heterocycles. The summed E-state index contributed by atoms with van der Waals surface area (Å²) in [4.78, 5) is 17.4. The number of likely N-dealkylation sites (N-methyl/N-ethyl adjacent to an activating group) is 1. The minimum Gasteiger partial charge on any atom is -0.381 e. The van der Waals surface area contributed by atoms with E-state index in [0.717, 1.165) is 58.8 Å². The Kier molecular flexibility index (Phi) is 10.4. The van der Waals surface area contributed by atoms with Gasteiger partial charge in [0.05, 0.1) is 0 Å². The molecule has 0 unspecified atom stereocenters. The zero-order valence-electron chi connectivity index (χ0n) is 14.8. The topological polar surface area (TPSA) is 75.2 Å². The van der Waals surface area contributed by atoms with Gasteiger partial charge in [-0.15, -0.1) is 0 Å². The third-order valence-corrected chi connectivity index (χ3v) is 3.67. The third-order valence-electron chi connectivity index (χ3n) is 3.67. The number of ether oxygens (including phenoxy) is 2. The van der Waals surface area contributed by atoms with Crippen LogP contribution in [0.1, 0.15) is 26.2 Å². The highest BCUT2D eigenvalue weighted by Crippen LogP contribution is 2.14. The van der Waals surface area contributed by atoms with E-state index in [9.17, 15) is 4.79 Å². The third kappa shape index (κ3) is 9.40. The summed E-state index contributed by atoms with van der Waals surface area (Å²) in [7, 11) is 3.46. The summed E-state index contributed by atoms with van der Waals surface area (Å²) < 4.78 is 11.1. The van der Waals surface area contributed by atoms with Crippen molar-refractivity contribution in [1.82, 2.24) is 15.5 Å². The van der Waals surface area contributed by atoms with Gasteiger partial charge < -0.3 is 25.0 Å². The van der Waals surface area contributed by atoms with E-state index < -0.39 is 0 Å². The molecular weight excluding hydrogens is 296 g/mol. The van der Waals surface area contributed by atoms with Gasteiger partial charge in [0, 0.05) is 53.6 Å². The van der Waals surface area contributed by atoms with Gasteiger partial charge in [-0.25, -0.2) is 4.99 Å². The lowest BCUT2D eigenvalue weighted by Crippen LogP contribution is -2.39. The van der Waals surface area contributed by atoms with Crippen molar-refractivity contribution in [3.8, 4) is 0 Å². The molecule has 1 amide bonds. The minimum absolute atomic E-state index is 0.0120. The summed E-state index contributed by atoms with van der Waals surface area (Å²) in [5, 5.41) is 6.35. The Morgan fingerprint density at radius 1 is 1.30 bits per heavy atom. The molecule has 7 heteroatoms. The fourth-order valence-electron chi connectivity index (χ4n) is 2.17. The molecule has 1 aliphatic rings. The Morgan fingerprint density at radius 3 is 2.70 bits per heavy atom. The van der Waals surface area contributed by atoms with Crippen LogP contribution in [-0.4, -0.2) is 76.9 Å². The Hall–Kier alpha value is -1.34. The molecule has 0 radical (unpaired) electrons. The van der Waals surface area contributed by atoms with Gasteiger partial charge >= 0.3 is 0 Å². The second-order valence-corrected chi connectivity index (χ2v) is 5.89. The predicted octanol–water partition coefficient (Wildman–Crippen LogP) is 0.463. The summed E-state index contributed by atoms with van der Waals surface area (Å²) in [5.74, 6) is 1.31. The van der Waals surface area contributed by atoms with Crippen LogP contribution in [0.25, 0.3) is 0 Å². The summed E-state index contributed by atoms with van der Waals surface area (Å²) in [6.45, 7) is 6.99. The highest BCUT2D eigenvalue weighted by Gasteiger charge is 2.13. The number of guanidine groups is 1. The van der Waals surface area contributed by atoms with Crippen LogP contribution in [0.4, 0.5) is 0 Å². The largest absolute Gasteiger partial charge is 0.381 e. The lowest BCUT2D eigenvalue weighted by atomic mass is 10.0. The molecule has 23 heavy (non-hydrogen) atoms. The van der Waals surface area contributed by atoms with Crippen molar-refractivity contribution < 1.29 is 14.3 Å². The summed E-state index contributed by atoms with van der Waals surface area (Å²) in [6.07, 6.45) is 3.13. The smallest absolute Gasteiger partial charge is 0.243 e. The molecule has 1 saturated heterocycles. The number of aliphatic imine (C=N–C) groups is 1. The molecule has 0 bridgehead atoms. The van der Waals surface area contributed by atoms with Crippen molar-refractivity contribution in [2.24, 2.45) is 10.9 Å². The monoisotopic (exact) mass is 328 g/mol. The molecule has 0 saturated carbocycles. The van der Waals surface area contributed by atoms with E-state index in [1.807, 2.05) is 6.92 Å². The van der Waals surface area contributed by atoms with Crippen LogP contribution in [0.2, 0.25) is 0 Å². The summed E-state index contributed by atoms with van der Waals surface area (Å²) >= 11 is 0. The lowest BCUT2D eigenvalue weighted by molar-refractivity contribution is -0.127. The van der Waals surface area contributed by atoms with Gasteiger partial charge in [0.1, 0.15) is 6.54 Å². The van der Waals surface area contributed by atoms with Crippen LogP contribution in [0.3, 0.4) is 0 Å². The summed E-state index contributed by atoms with van der Waals surface area (Å²) in [6, 6.07) is 0. The highest BCUT2D eigenvalue weighted by atomic mass is 16.5. The van der Waals surface area contributed by atoms with Crippen LogP contribution >= 0.6 is 0 Å². The number of hydrogen-bond donors (Lipinski definition) is 2. The number of carbonyl (C=O) groups excluding carboxylic acids is 1. The zero-order chi connectivity index (χ0) is 16.9. The molecule has 1 fully saturated rings. The fourth-order valence-corrected chi connectivity index (χ4v) is 2.17. The van der Waals surface area contributed by atoms with E-state index in [-0.39, 0.29) is 12.5 Å². The number of nitrogens with one attached hydrogen (secondary N) is 2. The van der Waals surface area contributed by atoms with Crippen molar-refractivity contribution in [3.63, 3.8) is 0 Å². The number of amides is 1. The van der Waals surface area contributed by atoms with Gasteiger partial charge in [-0.2, -0.15) is 0 Å². The first-order valence-electron chi connectivity index (χ1n) is 8.51. The molecule has 7 nitrogen and oxygen atoms in total. The lowest BCUT2D eigenvalue weighted by Gasteiger charge is -2.21. The van der Waals surface area contributed by atoms with Crippen molar-refractivity contribution in [2.75, 3.05) is 60.2 Å². The number of rotatable bonds is 9. The Labute approximate surface area is 139 Å². The Morgan fingerprint density at radius 2 is 2.04 bits per heavy atom. The predicted molar refractivity (Wildman–Crippen MR) is 91.7 cm³/mol. The van der Waals surface area contributed by atoms with Gasteiger partial charge in [-0.3, -0.25) is 4.79 Å². The molecular formula is C16H32N4O3. The van der Waals surface area contributed by atoms with Crippen molar-refractivity contribution in [3.05, 3.63) is 0 Å². The standard InChI is InChI=1S/C16H32N4O3/c1-4-17-16(19-12-15(21)20(2)3)18-8-5-9-23-13-14-6-10-22-11-7-14/h14H,4-13H2,1-3H3,(H2,17,18,19). The van der Waals surface area contributed by atoms with Crippen LogP contribution in [0, 0.1) is 5.92 Å². The maximum atomic E-state index is 11.6. The van der Waals surface area contributed by atoms with Gasteiger partial charge in [0.2, 0.25) is 5.91 Å². The quantitative estimate of drug-likeness (QED) is 0.365. The molecule has 2 N–H and O–H groups in total. The van der Waals surface area contributed by atoms with Crippen molar-refractivity contribution >= 4 is 11.9 Å². The van der Waals surface area contributed by atoms with E-state index in [0.29, 0.717) is 11.9 Å².